The highest BCUT2D eigenvalue weighted by atomic mass is 19.4. The molecule has 0 spiro atoms. The molecular formula is C26H40F15NO3. The summed E-state index contributed by atoms with van der Waals surface area (Å²) in [6, 6.07) is 0.00678. The number of rotatable bonds is 22. The molecule has 0 aliphatic heterocycles. The van der Waals surface area contributed by atoms with E-state index in [0.29, 0.717) is 0 Å². The molecule has 19 heteroatoms. The van der Waals surface area contributed by atoms with Gasteiger partial charge in [0.1, 0.15) is 0 Å². The predicted octanol–water partition coefficient (Wildman–Crippen LogP) is 9.62. The van der Waals surface area contributed by atoms with E-state index in [4.69, 9.17) is 15.9 Å². The highest BCUT2D eigenvalue weighted by molar-refractivity contribution is 5.77. The average molecular weight is 700 g/mol. The molecule has 0 aliphatic carbocycles. The second-order valence-corrected chi connectivity index (χ2v) is 10.6. The van der Waals surface area contributed by atoms with Gasteiger partial charge in [-0.3, -0.25) is 0 Å². The quantitative estimate of drug-likeness (QED) is 0.0777. The lowest BCUT2D eigenvalue weighted by Crippen LogP contribution is -2.73. The molecule has 45 heavy (non-hydrogen) atoms. The van der Waals surface area contributed by atoms with Crippen LogP contribution in [0.25, 0.3) is 0 Å². The molecule has 0 radical (unpaired) electrons. The van der Waals surface area contributed by atoms with Crippen molar-refractivity contribution in [3.63, 3.8) is 0 Å². The van der Waals surface area contributed by atoms with Crippen molar-refractivity contribution in [2.45, 2.75) is 151 Å². The molecule has 0 fully saturated rings. The Hall–Kier alpha value is -1.66. The molecule has 0 bridgehead atoms. The summed E-state index contributed by atoms with van der Waals surface area (Å²) in [7, 11) is 0. The van der Waals surface area contributed by atoms with E-state index in [2.05, 4.69) is 6.92 Å². The first-order chi connectivity index (χ1) is 20.3. The Bertz CT molecular complexity index is 837. The molecule has 4 nitrogen and oxygen atoms in total. The van der Waals surface area contributed by atoms with Gasteiger partial charge in [-0.05, 0) is 6.42 Å². The number of aliphatic hydroxyl groups excluding tert-OH is 1. The van der Waals surface area contributed by atoms with Gasteiger partial charge in [-0.15, -0.1) is 0 Å². The number of aliphatic carboxylic acids is 1. The largest absolute Gasteiger partial charge is 0.477 e. The van der Waals surface area contributed by atoms with E-state index in [9.17, 15) is 70.7 Å². The monoisotopic (exact) mass is 699 g/mol. The molecule has 1 atom stereocenters. The summed E-state index contributed by atoms with van der Waals surface area (Å²) in [6.07, 6.45) is 12.7. The fourth-order valence-electron chi connectivity index (χ4n) is 3.79. The van der Waals surface area contributed by atoms with Crippen LogP contribution in [0.4, 0.5) is 65.9 Å². The van der Waals surface area contributed by atoms with Crippen LogP contribution in [-0.4, -0.2) is 70.5 Å². The van der Waals surface area contributed by atoms with Crippen molar-refractivity contribution in [2.24, 2.45) is 5.73 Å². The van der Waals surface area contributed by atoms with Crippen LogP contribution in [0.15, 0.2) is 0 Å². The lowest BCUT2D eigenvalue weighted by atomic mass is 9.91. The maximum atomic E-state index is 12.8. The number of hydrogen-bond donors (Lipinski definition) is 3. The van der Waals surface area contributed by atoms with Crippen LogP contribution in [-0.2, 0) is 4.79 Å². The molecule has 4 N–H and O–H groups in total. The fourth-order valence-corrected chi connectivity index (χ4v) is 3.79. The zero-order valence-electron chi connectivity index (χ0n) is 24.4. The minimum Gasteiger partial charge on any atom is -0.477 e. The normalized spacial score (nSPS) is 14.6. The fraction of sp³-hybridized carbons (Fsp3) is 0.962. The van der Waals surface area contributed by atoms with Crippen LogP contribution >= 0.6 is 0 Å². The van der Waals surface area contributed by atoms with Crippen molar-refractivity contribution in [3.05, 3.63) is 0 Å². The molecular weight excluding hydrogens is 659 g/mol. The van der Waals surface area contributed by atoms with Crippen molar-refractivity contribution in [3.8, 4) is 0 Å². The first-order valence-electron chi connectivity index (χ1n) is 14.2. The number of carboxylic acids is 1. The van der Waals surface area contributed by atoms with E-state index < -0.39 is 47.7 Å². The van der Waals surface area contributed by atoms with E-state index in [0.717, 1.165) is 6.42 Å². The maximum Gasteiger partial charge on any atom is 0.460 e. The molecule has 0 saturated heterocycles. The Morgan fingerprint density at radius 2 is 0.822 bits per heavy atom. The molecule has 0 aromatic carbocycles. The Morgan fingerprint density at radius 3 is 1.11 bits per heavy atom. The summed E-state index contributed by atoms with van der Waals surface area (Å²) in [5.74, 6) is -52.8. The number of carbonyl (C=O) groups is 1. The summed E-state index contributed by atoms with van der Waals surface area (Å²) in [5, 5.41) is 16.4. The van der Waals surface area contributed by atoms with Crippen LogP contribution in [0.5, 0.6) is 0 Å². The molecule has 1 unspecified atom stereocenters. The highest BCUT2D eigenvalue weighted by Gasteiger charge is 2.94. The summed E-state index contributed by atoms with van der Waals surface area (Å²) < 4.78 is 187. The van der Waals surface area contributed by atoms with Gasteiger partial charge in [-0.25, -0.2) is 4.79 Å². The zero-order valence-corrected chi connectivity index (χ0v) is 24.4. The minimum atomic E-state index is -8.47. The number of aliphatic hydroxyl groups is 1. The topological polar surface area (TPSA) is 83.5 Å². The van der Waals surface area contributed by atoms with Gasteiger partial charge in [-0.1, -0.05) is 96.8 Å². The minimum absolute atomic E-state index is 0.00678. The van der Waals surface area contributed by atoms with Crippen molar-refractivity contribution >= 4 is 5.97 Å². The standard InChI is InChI=1S/C18H39NO.C8HF15O2/c1-2-3-4-5-6-7-8-9-10-11-12-13-14-15-16-18(19)17-20;9-2(10,1(24)25)3(11,12)4(13,14)5(15,16)6(17,18)7(19,20)8(21,22)23/h18,20H,2-17,19H2,1H3;(H,24,25). The second-order valence-electron chi connectivity index (χ2n) is 10.6. The number of nitrogens with two attached hydrogens (primary N) is 1. The third-order valence-electron chi connectivity index (χ3n) is 6.76. The number of carboxylic acid groups (broad SMARTS) is 1. The van der Waals surface area contributed by atoms with Gasteiger partial charge in [0.05, 0.1) is 6.61 Å². The van der Waals surface area contributed by atoms with E-state index in [-0.39, 0.29) is 12.6 Å². The van der Waals surface area contributed by atoms with Crippen LogP contribution in [0.3, 0.4) is 0 Å². The van der Waals surface area contributed by atoms with Gasteiger partial charge in [0.2, 0.25) is 0 Å². The average Bonchev–Trinajstić information content (AvgIpc) is 2.92. The molecule has 0 aromatic rings. The zero-order chi connectivity index (χ0) is 36.0. The third kappa shape index (κ3) is 11.8. The van der Waals surface area contributed by atoms with E-state index >= 15 is 0 Å². The molecule has 0 heterocycles. The first kappa shape index (κ1) is 45.5. The molecule has 0 aromatic heterocycles. The van der Waals surface area contributed by atoms with Crippen LogP contribution in [0, 0.1) is 0 Å². The van der Waals surface area contributed by atoms with Crippen LogP contribution < -0.4 is 5.73 Å². The Labute approximate surface area is 250 Å². The Morgan fingerprint density at radius 1 is 0.533 bits per heavy atom. The van der Waals surface area contributed by atoms with Gasteiger partial charge in [0, 0.05) is 6.04 Å². The van der Waals surface area contributed by atoms with Crippen molar-refractivity contribution in [2.75, 3.05) is 6.61 Å². The molecule has 0 amide bonds. The second kappa shape index (κ2) is 18.6. The molecule has 0 aliphatic rings. The maximum absolute atomic E-state index is 12.8. The van der Waals surface area contributed by atoms with Gasteiger partial charge in [-0.2, -0.15) is 65.9 Å². The van der Waals surface area contributed by atoms with Gasteiger partial charge >= 0.3 is 47.7 Å². The van der Waals surface area contributed by atoms with E-state index in [1.165, 1.54) is 89.9 Å². The van der Waals surface area contributed by atoms with Crippen molar-refractivity contribution < 1.29 is 80.9 Å². The van der Waals surface area contributed by atoms with Gasteiger partial charge in [0.15, 0.2) is 0 Å². The lowest BCUT2D eigenvalue weighted by molar-refractivity contribution is -0.450. The van der Waals surface area contributed by atoms with E-state index in [1.807, 2.05) is 0 Å². The van der Waals surface area contributed by atoms with E-state index in [1.54, 1.807) is 0 Å². The summed E-state index contributed by atoms with van der Waals surface area (Å²) in [5.41, 5.74) is 5.67. The Kier molecular flexibility index (Phi) is 18.8. The van der Waals surface area contributed by atoms with Crippen molar-refractivity contribution in [1.82, 2.24) is 0 Å². The molecule has 0 rings (SSSR count). The predicted molar refractivity (Wildman–Crippen MR) is 133 cm³/mol. The molecule has 0 saturated carbocycles. The number of halogens is 15. The highest BCUT2D eigenvalue weighted by Crippen LogP contribution is 2.62. The summed E-state index contributed by atoms with van der Waals surface area (Å²) in [4.78, 5) is 9.72. The van der Waals surface area contributed by atoms with Crippen LogP contribution in [0.1, 0.15) is 103 Å². The van der Waals surface area contributed by atoms with Crippen molar-refractivity contribution in [1.29, 1.82) is 0 Å². The van der Waals surface area contributed by atoms with Crippen LogP contribution in [0.2, 0.25) is 0 Å². The third-order valence-corrected chi connectivity index (χ3v) is 6.76. The number of hydrogen-bond acceptors (Lipinski definition) is 3. The van der Waals surface area contributed by atoms with Gasteiger partial charge < -0.3 is 15.9 Å². The smallest absolute Gasteiger partial charge is 0.460 e. The first-order valence-corrected chi connectivity index (χ1v) is 14.2. The van der Waals surface area contributed by atoms with Gasteiger partial charge in [0.25, 0.3) is 0 Å². The lowest BCUT2D eigenvalue weighted by Gasteiger charge is -2.40. The Balaban J connectivity index is 0. The molecule has 272 valence electrons. The number of unbranched alkanes of at least 4 members (excludes halogenated alkanes) is 13. The summed E-state index contributed by atoms with van der Waals surface area (Å²) in [6.45, 7) is 2.42. The SMILES string of the molecule is CCCCCCCCCCCCCCCCC(N)CO.O=C(O)C(F)(F)C(F)(F)C(F)(F)C(F)(F)C(F)(F)C(F)(F)C(F)(F)F. The number of alkyl halides is 15. The summed E-state index contributed by atoms with van der Waals surface area (Å²) >= 11 is 0.